The third kappa shape index (κ3) is 5.28. The Kier molecular flexibility index (Phi) is 6.04. The number of carboxylic acid groups (broad SMARTS) is 1. The molecule has 2 amide bonds. The lowest BCUT2D eigenvalue weighted by atomic mass is 9.95. The largest absolute Gasteiger partial charge is 0.481 e. The van der Waals surface area contributed by atoms with Crippen molar-refractivity contribution in [3.05, 3.63) is 29.8 Å². The van der Waals surface area contributed by atoms with Crippen LogP contribution in [0.15, 0.2) is 24.3 Å². The van der Waals surface area contributed by atoms with Crippen LogP contribution in [0.2, 0.25) is 0 Å². The molecule has 0 aromatic heterocycles. The summed E-state index contributed by atoms with van der Waals surface area (Å²) >= 11 is 1.31. The van der Waals surface area contributed by atoms with Crippen LogP contribution in [0.1, 0.15) is 18.4 Å². The summed E-state index contributed by atoms with van der Waals surface area (Å²) in [5.74, 6) is -0.649. The van der Waals surface area contributed by atoms with Gasteiger partial charge in [0.15, 0.2) is 0 Å². The highest BCUT2D eigenvalue weighted by atomic mass is 32.2. The molecular formula is C16H20N2O4S. The summed E-state index contributed by atoms with van der Waals surface area (Å²) in [6, 6.07) is 7.35. The van der Waals surface area contributed by atoms with E-state index >= 15 is 0 Å². The van der Waals surface area contributed by atoms with Crippen LogP contribution in [-0.4, -0.2) is 47.1 Å². The molecule has 2 N–H and O–H groups in total. The van der Waals surface area contributed by atoms with Crippen LogP contribution in [0.5, 0.6) is 0 Å². The maximum atomic E-state index is 12.3. The molecule has 124 valence electrons. The number of thioether (sulfide) groups is 1. The minimum atomic E-state index is -0.841. The van der Waals surface area contributed by atoms with Gasteiger partial charge in [0, 0.05) is 37.4 Å². The maximum absolute atomic E-state index is 12.3. The second kappa shape index (κ2) is 8.01. The Morgan fingerprint density at radius 3 is 2.91 bits per heavy atom. The molecule has 1 saturated heterocycles. The first-order valence-corrected chi connectivity index (χ1v) is 8.54. The fourth-order valence-corrected chi connectivity index (χ4v) is 3.10. The number of nitrogens with one attached hydrogen (secondary N) is 1. The van der Waals surface area contributed by atoms with E-state index in [9.17, 15) is 14.4 Å². The van der Waals surface area contributed by atoms with Crippen molar-refractivity contribution in [2.24, 2.45) is 5.92 Å². The van der Waals surface area contributed by atoms with Crippen LogP contribution in [-0.2, 0) is 20.1 Å². The summed E-state index contributed by atoms with van der Waals surface area (Å²) in [7, 11) is 1.74. The van der Waals surface area contributed by atoms with Gasteiger partial charge in [-0.3, -0.25) is 14.4 Å². The van der Waals surface area contributed by atoms with Gasteiger partial charge in [0.2, 0.25) is 11.8 Å². The predicted octanol–water partition coefficient (Wildman–Crippen LogP) is 1.81. The van der Waals surface area contributed by atoms with E-state index in [4.69, 9.17) is 5.11 Å². The number of anilines is 1. The predicted molar refractivity (Wildman–Crippen MR) is 89.2 cm³/mol. The number of piperidine rings is 1. The molecule has 6 nitrogen and oxygen atoms in total. The monoisotopic (exact) mass is 336 g/mol. The average molecular weight is 336 g/mol. The summed E-state index contributed by atoms with van der Waals surface area (Å²) in [4.78, 5) is 36.1. The zero-order valence-corrected chi connectivity index (χ0v) is 13.8. The van der Waals surface area contributed by atoms with E-state index in [1.54, 1.807) is 18.0 Å². The van der Waals surface area contributed by atoms with Crippen molar-refractivity contribution < 1.29 is 19.5 Å². The van der Waals surface area contributed by atoms with E-state index in [0.717, 1.165) is 5.56 Å². The summed E-state index contributed by atoms with van der Waals surface area (Å²) in [5, 5.41) is 11.5. The number of amides is 2. The van der Waals surface area contributed by atoms with Crippen LogP contribution in [0.25, 0.3) is 0 Å². The number of rotatable bonds is 6. The summed E-state index contributed by atoms with van der Waals surface area (Å²) in [6.07, 6.45) is 0.915. The van der Waals surface area contributed by atoms with Crippen molar-refractivity contribution in [2.75, 3.05) is 24.7 Å². The van der Waals surface area contributed by atoms with Gasteiger partial charge in [0.1, 0.15) is 0 Å². The van der Waals surface area contributed by atoms with Gasteiger partial charge in [-0.05, 0) is 24.1 Å². The van der Waals surface area contributed by atoms with Crippen LogP contribution < -0.4 is 5.32 Å². The van der Waals surface area contributed by atoms with Gasteiger partial charge in [0.05, 0.1) is 5.75 Å². The van der Waals surface area contributed by atoms with Crippen molar-refractivity contribution in [1.82, 2.24) is 4.90 Å². The molecule has 0 bridgehead atoms. The van der Waals surface area contributed by atoms with Crippen molar-refractivity contribution in [1.29, 1.82) is 0 Å². The van der Waals surface area contributed by atoms with Crippen molar-refractivity contribution in [3.8, 4) is 0 Å². The van der Waals surface area contributed by atoms with E-state index in [2.05, 4.69) is 5.32 Å². The van der Waals surface area contributed by atoms with Crippen molar-refractivity contribution in [3.63, 3.8) is 0 Å². The summed E-state index contributed by atoms with van der Waals surface area (Å²) in [5.41, 5.74) is 1.63. The number of nitrogens with zero attached hydrogens (tertiary/aromatic N) is 1. The molecular weight excluding hydrogens is 316 g/mol. The second-order valence-corrected chi connectivity index (χ2v) is 6.57. The van der Waals surface area contributed by atoms with Crippen molar-refractivity contribution in [2.45, 2.75) is 18.6 Å². The van der Waals surface area contributed by atoms with E-state index < -0.39 is 5.97 Å². The Balaban J connectivity index is 1.90. The first kappa shape index (κ1) is 17.3. The molecule has 1 aromatic carbocycles. The highest BCUT2D eigenvalue weighted by Gasteiger charge is 2.28. The molecule has 1 aliphatic rings. The minimum Gasteiger partial charge on any atom is -0.481 e. The Labute approximate surface area is 139 Å². The first-order chi connectivity index (χ1) is 11.0. The van der Waals surface area contributed by atoms with Gasteiger partial charge in [0.25, 0.3) is 0 Å². The lowest BCUT2D eigenvalue weighted by Gasteiger charge is -2.27. The smallest absolute Gasteiger partial charge is 0.313 e. The third-order valence-corrected chi connectivity index (χ3v) is 4.71. The highest BCUT2D eigenvalue weighted by molar-refractivity contribution is 7.99. The molecule has 1 fully saturated rings. The lowest BCUT2D eigenvalue weighted by Crippen LogP contribution is -2.39. The minimum absolute atomic E-state index is 0.00442. The Bertz CT molecular complexity index is 605. The Morgan fingerprint density at radius 2 is 2.22 bits per heavy atom. The molecule has 2 rings (SSSR count). The Morgan fingerprint density at radius 1 is 1.43 bits per heavy atom. The number of likely N-dealkylation sites (tertiary alicyclic amines) is 1. The fourth-order valence-electron chi connectivity index (χ4n) is 2.41. The van der Waals surface area contributed by atoms with E-state index in [1.165, 1.54) is 11.8 Å². The number of carbonyl (C=O) groups is 3. The standard InChI is InChI=1S/C16H20N2O4S/c1-18-6-5-12(8-14(18)19)16(22)17-13-4-2-3-11(7-13)9-23-10-15(20)21/h2-4,7,12H,5-6,8-10H2,1H3,(H,17,22)(H,20,21). The van der Waals surface area contributed by atoms with Gasteiger partial charge in [-0.25, -0.2) is 0 Å². The SMILES string of the molecule is CN1CCC(C(=O)Nc2cccc(CSCC(=O)O)c2)CC1=O. The molecule has 1 aliphatic heterocycles. The Hall–Kier alpha value is -2.02. The van der Waals surface area contributed by atoms with E-state index in [-0.39, 0.29) is 29.9 Å². The molecule has 23 heavy (non-hydrogen) atoms. The number of benzene rings is 1. The molecule has 1 aromatic rings. The van der Waals surface area contributed by atoms with Crippen molar-refractivity contribution >= 4 is 35.2 Å². The number of carboxylic acids is 1. The first-order valence-electron chi connectivity index (χ1n) is 7.39. The topological polar surface area (TPSA) is 86.7 Å². The molecule has 0 saturated carbocycles. The van der Waals surface area contributed by atoms with Crippen LogP contribution in [0, 0.1) is 5.92 Å². The van der Waals surface area contributed by atoms with Gasteiger partial charge in [-0.1, -0.05) is 12.1 Å². The fraction of sp³-hybridized carbons (Fsp3) is 0.438. The van der Waals surface area contributed by atoms with Crippen LogP contribution in [0.3, 0.4) is 0 Å². The van der Waals surface area contributed by atoms with Gasteiger partial charge in [-0.15, -0.1) is 11.8 Å². The molecule has 1 unspecified atom stereocenters. The van der Waals surface area contributed by atoms with Crippen LogP contribution >= 0.6 is 11.8 Å². The molecule has 0 radical (unpaired) electrons. The summed E-state index contributed by atoms with van der Waals surface area (Å²) < 4.78 is 0. The van der Waals surface area contributed by atoms with Gasteiger partial charge in [-0.2, -0.15) is 0 Å². The lowest BCUT2D eigenvalue weighted by molar-refractivity contribution is -0.137. The number of hydrogen-bond donors (Lipinski definition) is 2. The molecule has 0 spiro atoms. The van der Waals surface area contributed by atoms with Gasteiger partial charge < -0.3 is 15.3 Å². The molecule has 7 heteroatoms. The second-order valence-electron chi connectivity index (χ2n) is 5.58. The zero-order valence-electron chi connectivity index (χ0n) is 12.9. The molecule has 0 aliphatic carbocycles. The van der Waals surface area contributed by atoms with E-state index in [1.807, 2.05) is 18.2 Å². The highest BCUT2D eigenvalue weighted by Crippen LogP contribution is 2.21. The van der Waals surface area contributed by atoms with Crippen LogP contribution in [0.4, 0.5) is 5.69 Å². The number of aliphatic carboxylic acids is 1. The third-order valence-electron chi connectivity index (χ3n) is 3.72. The number of hydrogen-bond acceptors (Lipinski definition) is 4. The van der Waals surface area contributed by atoms with E-state index in [0.29, 0.717) is 24.4 Å². The maximum Gasteiger partial charge on any atom is 0.313 e. The average Bonchev–Trinajstić information content (AvgIpc) is 2.50. The normalized spacial score (nSPS) is 17.9. The zero-order chi connectivity index (χ0) is 16.8. The molecule has 1 atom stereocenters. The summed E-state index contributed by atoms with van der Waals surface area (Å²) in [6.45, 7) is 0.600. The number of carbonyl (C=O) groups excluding carboxylic acids is 2. The van der Waals surface area contributed by atoms with Gasteiger partial charge >= 0.3 is 5.97 Å². The quantitative estimate of drug-likeness (QED) is 0.827. The molecule has 1 heterocycles.